The van der Waals surface area contributed by atoms with Crippen LogP contribution in [-0.2, 0) is 0 Å². The standard InChI is InChI=1S/C37H72N8/c1-27-38-30(41-37(13,14)26-32(2,3)4)40-31(39-27)45(29-24-35(9,10)43-36(11,12)25-29)21-19-17-16-18-20-44(15)28-22-33(5,6)42-34(7,8)23-28/h28-29,42-43H,16-26H2,1-15H3,(H,38,39,40,41). The summed E-state index contributed by atoms with van der Waals surface area (Å²) in [6.45, 7) is 34.2. The van der Waals surface area contributed by atoms with Gasteiger partial charge in [-0.2, -0.15) is 15.0 Å². The van der Waals surface area contributed by atoms with Gasteiger partial charge in [0.05, 0.1) is 0 Å². The van der Waals surface area contributed by atoms with E-state index >= 15 is 0 Å². The van der Waals surface area contributed by atoms with Crippen LogP contribution in [-0.4, -0.2) is 79.8 Å². The number of nitrogens with zero attached hydrogens (tertiary/aromatic N) is 5. The highest BCUT2D eigenvalue weighted by Gasteiger charge is 2.41. The lowest BCUT2D eigenvalue weighted by Gasteiger charge is -2.49. The van der Waals surface area contributed by atoms with Crippen LogP contribution in [0.2, 0.25) is 0 Å². The van der Waals surface area contributed by atoms with Crippen molar-refractivity contribution >= 4 is 11.9 Å². The maximum Gasteiger partial charge on any atom is 0.230 e. The first-order valence-electron chi connectivity index (χ1n) is 17.9. The smallest absolute Gasteiger partial charge is 0.230 e. The number of piperidine rings is 2. The van der Waals surface area contributed by atoms with E-state index in [9.17, 15) is 0 Å². The van der Waals surface area contributed by atoms with Gasteiger partial charge in [-0.3, -0.25) is 0 Å². The Bertz CT molecular complexity index is 1070. The quantitative estimate of drug-likeness (QED) is 0.192. The van der Waals surface area contributed by atoms with Crippen LogP contribution in [0.5, 0.6) is 0 Å². The number of hydrogen-bond donors (Lipinski definition) is 3. The van der Waals surface area contributed by atoms with Crippen molar-refractivity contribution in [1.82, 2.24) is 30.5 Å². The molecule has 0 radical (unpaired) electrons. The zero-order chi connectivity index (χ0) is 34.1. The number of hydrogen-bond acceptors (Lipinski definition) is 8. The fourth-order valence-corrected chi connectivity index (χ4v) is 9.02. The lowest BCUT2D eigenvalue weighted by molar-refractivity contribution is 0.0805. The van der Waals surface area contributed by atoms with E-state index in [2.05, 4.69) is 123 Å². The molecule has 0 spiro atoms. The summed E-state index contributed by atoms with van der Waals surface area (Å²) in [6, 6.07) is 1.01. The lowest BCUT2D eigenvalue weighted by Crippen LogP contribution is -2.62. The maximum absolute atomic E-state index is 5.09. The summed E-state index contributed by atoms with van der Waals surface area (Å²) in [5.74, 6) is 2.29. The summed E-state index contributed by atoms with van der Waals surface area (Å²) >= 11 is 0. The predicted octanol–water partition coefficient (Wildman–Crippen LogP) is 7.72. The third kappa shape index (κ3) is 12.6. The fraction of sp³-hybridized carbons (Fsp3) is 0.919. The second-order valence-electron chi connectivity index (χ2n) is 19.3. The SMILES string of the molecule is Cc1nc(NC(C)(C)CC(C)(C)C)nc(N(CCCCCCN(C)C2CC(C)(C)NC(C)(C)C2)C2CC(C)(C)NC(C)(C)C2)n1. The summed E-state index contributed by atoms with van der Waals surface area (Å²) in [5, 5.41) is 11.4. The van der Waals surface area contributed by atoms with Gasteiger partial charge in [0.25, 0.3) is 0 Å². The number of rotatable bonds is 13. The number of nitrogens with one attached hydrogen (secondary N) is 3. The number of anilines is 2. The lowest BCUT2D eigenvalue weighted by atomic mass is 9.79. The van der Waals surface area contributed by atoms with Gasteiger partial charge in [-0.25, -0.2) is 0 Å². The molecule has 45 heavy (non-hydrogen) atoms. The Morgan fingerprint density at radius 1 is 0.689 bits per heavy atom. The Hall–Kier alpha value is -1.51. The molecule has 2 saturated heterocycles. The van der Waals surface area contributed by atoms with Crippen molar-refractivity contribution in [1.29, 1.82) is 0 Å². The number of aromatic nitrogens is 3. The van der Waals surface area contributed by atoms with Crippen LogP contribution in [0.4, 0.5) is 11.9 Å². The minimum absolute atomic E-state index is 0.0465. The third-order valence-electron chi connectivity index (χ3n) is 9.48. The molecule has 0 saturated carbocycles. The van der Waals surface area contributed by atoms with E-state index in [1.165, 1.54) is 38.6 Å². The van der Waals surface area contributed by atoms with Gasteiger partial charge in [-0.05, 0) is 140 Å². The van der Waals surface area contributed by atoms with Crippen molar-refractivity contribution in [2.24, 2.45) is 5.41 Å². The first kappa shape index (κ1) is 37.9. The van der Waals surface area contributed by atoms with Crippen LogP contribution >= 0.6 is 0 Å². The van der Waals surface area contributed by atoms with Crippen molar-refractivity contribution in [2.75, 3.05) is 30.4 Å². The molecular weight excluding hydrogens is 556 g/mol. The van der Waals surface area contributed by atoms with Crippen molar-refractivity contribution in [3.05, 3.63) is 5.82 Å². The molecule has 3 heterocycles. The van der Waals surface area contributed by atoms with E-state index in [0.29, 0.717) is 18.0 Å². The highest BCUT2D eigenvalue weighted by Crippen LogP contribution is 2.35. The van der Waals surface area contributed by atoms with E-state index in [1.54, 1.807) is 0 Å². The number of unbranched alkanes of at least 4 members (excludes halogenated alkanes) is 3. The number of aryl methyl sites for hydroxylation is 1. The third-order valence-corrected chi connectivity index (χ3v) is 9.48. The van der Waals surface area contributed by atoms with E-state index in [1.807, 2.05) is 6.92 Å². The van der Waals surface area contributed by atoms with Crippen LogP contribution < -0.4 is 20.9 Å². The van der Waals surface area contributed by atoms with Crippen molar-refractivity contribution < 1.29 is 0 Å². The Kier molecular flexibility index (Phi) is 11.7. The molecular formula is C37H72N8. The molecule has 8 heteroatoms. The summed E-state index contributed by atoms with van der Waals surface area (Å²) in [6.07, 6.45) is 10.4. The first-order valence-corrected chi connectivity index (χ1v) is 17.9. The van der Waals surface area contributed by atoms with Crippen LogP contribution in [0.25, 0.3) is 0 Å². The molecule has 0 bridgehead atoms. The average molecular weight is 629 g/mol. The fourth-order valence-electron chi connectivity index (χ4n) is 9.02. The van der Waals surface area contributed by atoms with E-state index in [-0.39, 0.29) is 33.1 Å². The monoisotopic (exact) mass is 629 g/mol. The van der Waals surface area contributed by atoms with Gasteiger partial charge in [0.1, 0.15) is 5.82 Å². The first-order chi connectivity index (χ1) is 20.4. The van der Waals surface area contributed by atoms with Gasteiger partial charge < -0.3 is 25.8 Å². The molecule has 2 aliphatic rings. The maximum atomic E-state index is 5.09. The van der Waals surface area contributed by atoms with E-state index in [0.717, 1.165) is 44.0 Å². The minimum Gasteiger partial charge on any atom is -0.349 e. The molecule has 8 nitrogen and oxygen atoms in total. The summed E-state index contributed by atoms with van der Waals surface area (Å²) in [4.78, 5) is 19.9. The van der Waals surface area contributed by atoms with Crippen molar-refractivity contribution in [3.63, 3.8) is 0 Å². The molecule has 2 fully saturated rings. The van der Waals surface area contributed by atoms with Crippen LogP contribution in [0.1, 0.15) is 154 Å². The van der Waals surface area contributed by atoms with E-state index < -0.39 is 0 Å². The van der Waals surface area contributed by atoms with Gasteiger partial charge in [-0.15, -0.1) is 0 Å². The Morgan fingerprint density at radius 2 is 1.16 bits per heavy atom. The van der Waals surface area contributed by atoms with Crippen LogP contribution in [0.15, 0.2) is 0 Å². The molecule has 3 rings (SSSR count). The van der Waals surface area contributed by atoms with Gasteiger partial charge >= 0.3 is 0 Å². The van der Waals surface area contributed by atoms with Gasteiger partial charge in [-0.1, -0.05) is 33.6 Å². The summed E-state index contributed by atoms with van der Waals surface area (Å²) < 4.78 is 0. The van der Waals surface area contributed by atoms with Crippen molar-refractivity contribution in [2.45, 2.75) is 194 Å². The van der Waals surface area contributed by atoms with E-state index in [4.69, 9.17) is 15.0 Å². The zero-order valence-electron chi connectivity index (χ0n) is 32.2. The highest BCUT2D eigenvalue weighted by atomic mass is 15.3. The normalized spacial score (nSPS) is 22.0. The van der Waals surface area contributed by atoms with Crippen LogP contribution in [0, 0.1) is 12.3 Å². The van der Waals surface area contributed by atoms with Crippen LogP contribution in [0.3, 0.4) is 0 Å². The molecule has 0 unspecified atom stereocenters. The molecule has 3 N–H and O–H groups in total. The Labute approximate surface area is 278 Å². The molecule has 0 aromatic carbocycles. The van der Waals surface area contributed by atoms with Gasteiger partial charge in [0.15, 0.2) is 0 Å². The topological polar surface area (TPSA) is 81.2 Å². The molecule has 0 amide bonds. The summed E-state index contributed by atoms with van der Waals surface area (Å²) in [5.41, 5.74) is 0.546. The molecule has 2 aliphatic heterocycles. The minimum atomic E-state index is -0.125. The molecule has 0 aliphatic carbocycles. The molecule has 260 valence electrons. The van der Waals surface area contributed by atoms with Gasteiger partial charge in [0.2, 0.25) is 11.9 Å². The second kappa shape index (κ2) is 13.9. The second-order valence-corrected chi connectivity index (χ2v) is 19.3. The largest absolute Gasteiger partial charge is 0.349 e. The van der Waals surface area contributed by atoms with Crippen molar-refractivity contribution in [3.8, 4) is 0 Å². The summed E-state index contributed by atoms with van der Waals surface area (Å²) in [7, 11) is 2.34. The zero-order valence-corrected chi connectivity index (χ0v) is 32.2. The molecule has 0 atom stereocenters. The Morgan fingerprint density at radius 3 is 1.64 bits per heavy atom. The highest BCUT2D eigenvalue weighted by molar-refractivity contribution is 5.40. The molecule has 1 aromatic rings. The van der Waals surface area contributed by atoms with Gasteiger partial charge in [0, 0.05) is 46.3 Å². The molecule has 1 aromatic heterocycles. The average Bonchev–Trinajstić information content (AvgIpc) is 2.76. The Balaban J connectivity index is 1.69. The predicted molar refractivity (Wildman–Crippen MR) is 193 cm³/mol.